The maximum absolute atomic E-state index is 12.3. The molecule has 2 aromatic carbocycles. The van der Waals surface area contributed by atoms with E-state index in [4.69, 9.17) is 4.74 Å². The van der Waals surface area contributed by atoms with Crippen LogP contribution in [-0.4, -0.2) is 46.5 Å². The molecular weight excluding hydrogens is 396 g/mol. The molecule has 0 heterocycles. The van der Waals surface area contributed by atoms with Crippen molar-refractivity contribution in [2.75, 3.05) is 36.5 Å². The lowest BCUT2D eigenvalue weighted by atomic mass is 10.1. The lowest BCUT2D eigenvalue weighted by Crippen LogP contribution is -2.41. The molecule has 152 valence electrons. The third kappa shape index (κ3) is 6.76. The van der Waals surface area contributed by atoms with Crippen LogP contribution in [0.2, 0.25) is 0 Å². The Morgan fingerprint density at radius 1 is 1.14 bits per heavy atom. The molecule has 0 atom stereocenters. The van der Waals surface area contributed by atoms with Crippen LogP contribution in [0.1, 0.15) is 11.1 Å². The normalized spacial score (nSPS) is 11.1. The fraction of sp³-hybridized carbons (Fsp3) is 0.350. The molecule has 2 aromatic rings. The summed E-state index contributed by atoms with van der Waals surface area (Å²) >= 11 is 1.51. The van der Waals surface area contributed by atoms with E-state index < -0.39 is 10.0 Å². The van der Waals surface area contributed by atoms with Crippen LogP contribution < -0.4 is 14.4 Å². The van der Waals surface area contributed by atoms with Gasteiger partial charge in [-0.3, -0.25) is 9.10 Å². The van der Waals surface area contributed by atoms with E-state index in [1.54, 1.807) is 18.2 Å². The van der Waals surface area contributed by atoms with E-state index in [1.165, 1.54) is 11.8 Å². The number of thioether (sulfide) groups is 1. The Morgan fingerprint density at radius 2 is 1.82 bits per heavy atom. The summed E-state index contributed by atoms with van der Waals surface area (Å²) in [5.74, 6) is 0.363. The molecule has 0 aliphatic heterocycles. The largest absolute Gasteiger partial charge is 0.492 e. The molecular formula is C20H26N2O4S2. The Morgan fingerprint density at radius 3 is 2.43 bits per heavy atom. The number of nitrogens with zero attached hydrogens (tertiary/aromatic N) is 1. The first-order valence-electron chi connectivity index (χ1n) is 8.78. The number of anilines is 1. The molecule has 0 aliphatic rings. The number of hydrogen-bond acceptors (Lipinski definition) is 5. The van der Waals surface area contributed by atoms with Crippen molar-refractivity contribution >= 4 is 33.4 Å². The quantitative estimate of drug-likeness (QED) is 0.497. The van der Waals surface area contributed by atoms with Gasteiger partial charge < -0.3 is 10.1 Å². The summed E-state index contributed by atoms with van der Waals surface area (Å²) in [6, 6.07) is 13.0. The number of amides is 1. The molecule has 0 radical (unpaired) electrons. The predicted molar refractivity (Wildman–Crippen MR) is 115 cm³/mol. The van der Waals surface area contributed by atoms with Gasteiger partial charge >= 0.3 is 0 Å². The highest BCUT2D eigenvalue weighted by atomic mass is 32.2. The minimum absolute atomic E-state index is 0.278. The molecule has 2 rings (SSSR count). The molecule has 28 heavy (non-hydrogen) atoms. The number of carbonyl (C=O) groups is 1. The number of nitrogens with one attached hydrogen (secondary N) is 1. The second-order valence-corrected chi connectivity index (χ2v) is 9.28. The summed E-state index contributed by atoms with van der Waals surface area (Å²) in [6.45, 7) is 4.30. The van der Waals surface area contributed by atoms with Gasteiger partial charge in [-0.05, 0) is 61.6 Å². The smallest absolute Gasteiger partial charge is 0.240 e. The standard InChI is InChI=1S/C20H26N2O4S2/c1-15-10-16(2)12-18(11-15)26-9-8-21-20(23)14-22(28(4,24)25)17-6-5-7-19(13-17)27-3/h5-7,10-13H,8-9,14H2,1-4H3,(H,21,23). The van der Waals surface area contributed by atoms with Gasteiger partial charge in [0.25, 0.3) is 0 Å². The van der Waals surface area contributed by atoms with Crippen molar-refractivity contribution in [1.82, 2.24) is 5.32 Å². The SMILES string of the molecule is CSc1cccc(N(CC(=O)NCCOc2cc(C)cc(C)c2)S(C)(=O)=O)c1. The maximum atomic E-state index is 12.3. The Balaban J connectivity index is 1.93. The lowest BCUT2D eigenvalue weighted by Gasteiger charge is -2.22. The highest BCUT2D eigenvalue weighted by molar-refractivity contribution is 7.98. The van der Waals surface area contributed by atoms with Crippen molar-refractivity contribution < 1.29 is 17.9 Å². The first-order valence-corrected chi connectivity index (χ1v) is 11.9. The number of benzene rings is 2. The van der Waals surface area contributed by atoms with Crippen LogP contribution in [0.5, 0.6) is 5.75 Å². The minimum Gasteiger partial charge on any atom is -0.492 e. The molecule has 8 heteroatoms. The van der Waals surface area contributed by atoms with Crippen molar-refractivity contribution in [3.05, 3.63) is 53.6 Å². The van der Waals surface area contributed by atoms with Crippen molar-refractivity contribution in [3.63, 3.8) is 0 Å². The van der Waals surface area contributed by atoms with Crippen LogP contribution in [0.3, 0.4) is 0 Å². The number of hydrogen-bond donors (Lipinski definition) is 1. The zero-order chi connectivity index (χ0) is 20.7. The average Bonchev–Trinajstić information content (AvgIpc) is 2.61. The monoisotopic (exact) mass is 422 g/mol. The fourth-order valence-electron chi connectivity index (χ4n) is 2.73. The molecule has 0 bridgehead atoms. The van der Waals surface area contributed by atoms with Gasteiger partial charge in [-0.1, -0.05) is 12.1 Å². The highest BCUT2D eigenvalue weighted by Crippen LogP contribution is 2.23. The van der Waals surface area contributed by atoms with Crippen molar-refractivity contribution in [1.29, 1.82) is 0 Å². The average molecular weight is 423 g/mol. The van der Waals surface area contributed by atoms with Crippen LogP contribution in [0.15, 0.2) is 47.4 Å². The van der Waals surface area contributed by atoms with Crippen LogP contribution in [0.4, 0.5) is 5.69 Å². The van der Waals surface area contributed by atoms with Gasteiger partial charge in [-0.15, -0.1) is 11.8 Å². The van der Waals surface area contributed by atoms with E-state index in [0.29, 0.717) is 12.3 Å². The third-order valence-electron chi connectivity index (χ3n) is 3.92. The first-order chi connectivity index (χ1) is 13.2. The van der Waals surface area contributed by atoms with Crippen molar-refractivity contribution in [2.24, 2.45) is 0 Å². The Kier molecular flexibility index (Phi) is 7.77. The van der Waals surface area contributed by atoms with Crippen LogP contribution in [-0.2, 0) is 14.8 Å². The number of ether oxygens (including phenoxy) is 1. The van der Waals surface area contributed by atoms with Crippen LogP contribution in [0.25, 0.3) is 0 Å². The summed E-state index contributed by atoms with van der Waals surface area (Å²) < 4.78 is 31.1. The molecule has 1 amide bonds. The molecule has 1 N–H and O–H groups in total. The second kappa shape index (κ2) is 9.84. The van der Waals surface area contributed by atoms with Gasteiger partial charge in [0.15, 0.2) is 0 Å². The van der Waals surface area contributed by atoms with Gasteiger partial charge in [-0.25, -0.2) is 8.42 Å². The summed E-state index contributed by atoms with van der Waals surface area (Å²) in [4.78, 5) is 13.2. The molecule has 0 aliphatic carbocycles. The van der Waals surface area contributed by atoms with Crippen LogP contribution in [0, 0.1) is 13.8 Å². The van der Waals surface area contributed by atoms with E-state index >= 15 is 0 Å². The van der Waals surface area contributed by atoms with Gasteiger partial charge in [0.05, 0.1) is 18.5 Å². The van der Waals surface area contributed by atoms with Crippen molar-refractivity contribution in [2.45, 2.75) is 18.7 Å². The molecule has 6 nitrogen and oxygen atoms in total. The topological polar surface area (TPSA) is 75.7 Å². The number of carbonyl (C=O) groups excluding carboxylic acids is 1. The van der Waals surface area contributed by atoms with Crippen LogP contribution >= 0.6 is 11.8 Å². The minimum atomic E-state index is -3.59. The second-order valence-electron chi connectivity index (χ2n) is 6.49. The van der Waals surface area contributed by atoms with Crippen molar-refractivity contribution in [3.8, 4) is 5.75 Å². The lowest BCUT2D eigenvalue weighted by molar-refractivity contribution is -0.119. The Hall–Kier alpha value is -2.19. The predicted octanol–water partition coefficient (Wildman–Crippen LogP) is 2.99. The fourth-order valence-corrected chi connectivity index (χ4v) is 4.03. The molecule has 0 fully saturated rings. The molecule has 0 unspecified atom stereocenters. The molecule has 0 saturated carbocycles. The van der Waals surface area contributed by atoms with E-state index in [1.807, 2.05) is 38.3 Å². The van der Waals surface area contributed by atoms with E-state index in [9.17, 15) is 13.2 Å². The summed E-state index contributed by atoms with van der Waals surface area (Å²) in [5.41, 5.74) is 2.68. The van der Waals surface area contributed by atoms with E-state index in [2.05, 4.69) is 11.4 Å². The zero-order valence-electron chi connectivity index (χ0n) is 16.6. The van der Waals surface area contributed by atoms with E-state index in [0.717, 1.165) is 32.3 Å². The Labute approximate surface area is 171 Å². The number of aryl methyl sites for hydroxylation is 2. The van der Waals surface area contributed by atoms with Gasteiger partial charge in [0.2, 0.25) is 15.9 Å². The summed E-state index contributed by atoms with van der Waals surface area (Å²) in [7, 11) is -3.59. The first kappa shape index (κ1) is 22.1. The molecule has 0 saturated heterocycles. The molecule has 0 aromatic heterocycles. The maximum Gasteiger partial charge on any atom is 0.240 e. The van der Waals surface area contributed by atoms with Gasteiger partial charge in [-0.2, -0.15) is 0 Å². The summed E-state index contributed by atoms with van der Waals surface area (Å²) in [6.07, 6.45) is 3.00. The molecule has 0 spiro atoms. The number of sulfonamides is 1. The Bertz CT molecular complexity index is 909. The zero-order valence-corrected chi connectivity index (χ0v) is 18.2. The van der Waals surface area contributed by atoms with E-state index in [-0.39, 0.29) is 19.0 Å². The highest BCUT2D eigenvalue weighted by Gasteiger charge is 2.21. The number of rotatable bonds is 9. The van der Waals surface area contributed by atoms with Gasteiger partial charge in [0, 0.05) is 4.90 Å². The third-order valence-corrected chi connectivity index (χ3v) is 5.78. The van der Waals surface area contributed by atoms with Gasteiger partial charge in [0.1, 0.15) is 18.9 Å². The summed E-state index contributed by atoms with van der Waals surface area (Å²) in [5, 5.41) is 2.71.